The van der Waals surface area contributed by atoms with Gasteiger partial charge in [-0.1, -0.05) is 54.6 Å². The highest BCUT2D eigenvalue weighted by atomic mass is 16.5. The normalized spacial score (nSPS) is 16.6. The van der Waals surface area contributed by atoms with Gasteiger partial charge in [0.2, 0.25) is 5.82 Å². The van der Waals surface area contributed by atoms with Gasteiger partial charge >= 0.3 is 0 Å². The molecular formula is C32H26N8O. The molecule has 0 saturated carbocycles. The molecule has 1 spiro atoms. The Hall–Kier alpha value is -5.07. The van der Waals surface area contributed by atoms with Crippen molar-refractivity contribution < 1.29 is 4.74 Å². The van der Waals surface area contributed by atoms with E-state index in [-0.39, 0.29) is 5.82 Å². The highest BCUT2D eigenvalue weighted by molar-refractivity contribution is 5.83. The summed E-state index contributed by atoms with van der Waals surface area (Å²) >= 11 is 0. The van der Waals surface area contributed by atoms with Gasteiger partial charge in [-0.05, 0) is 17.7 Å². The Labute approximate surface area is 237 Å². The maximum atomic E-state index is 9.08. The lowest BCUT2D eigenvalue weighted by molar-refractivity contribution is -0.0276. The van der Waals surface area contributed by atoms with E-state index in [0.717, 1.165) is 78.2 Å². The zero-order valence-electron chi connectivity index (χ0n) is 22.3. The van der Waals surface area contributed by atoms with Crippen LogP contribution in [0.25, 0.3) is 33.9 Å². The average molecular weight is 539 g/mol. The number of ether oxygens (including phenoxy) is 1. The lowest BCUT2D eigenvalue weighted by Gasteiger charge is -2.60. The number of aromatic nitrogens is 5. The number of imidazole rings is 1. The van der Waals surface area contributed by atoms with Gasteiger partial charge in [0, 0.05) is 67.9 Å². The SMILES string of the molecule is N#Cc1nccc(N2CC3(CN(Cc4ccc(-c5nc6n(c5-c5ccccc5)COc5ccncc5-6)cc4)C3)C2)n1. The van der Waals surface area contributed by atoms with Gasteiger partial charge in [-0.2, -0.15) is 5.26 Å². The van der Waals surface area contributed by atoms with Crippen molar-refractivity contribution in [3.8, 4) is 45.7 Å². The third-order valence-corrected chi connectivity index (χ3v) is 8.25. The average Bonchev–Trinajstić information content (AvgIpc) is 3.39. The van der Waals surface area contributed by atoms with Gasteiger partial charge in [0.1, 0.15) is 23.5 Å². The first kappa shape index (κ1) is 23.8. The zero-order chi connectivity index (χ0) is 27.4. The summed E-state index contributed by atoms with van der Waals surface area (Å²) in [6, 6.07) is 25.0. The number of nitriles is 1. The number of nitrogens with zero attached hydrogens (tertiary/aromatic N) is 8. The Morgan fingerprint density at radius 3 is 2.51 bits per heavy atom. The molecule has 0 N–H and O–H groups in total. The second kappa shape index (κ2) is 9.25. The fourth-order valence-corrected chi connectivity index (χ4v) is 6.43. The highest BCUT2D eigenvalue weighted by Gasteiger charge is 2.51. The Balaban J connectivity index is 0.997. The van der Waals surface area contributed by atoms with E-state index in [1.165, 1.54) is 5.56 Å². The first-order valence-electron chi connectivity index (χ1n) is 13.7. The minimum Gasteiger partial charge on any atom is -0.472 e. The maximum absolute atomic E-state index is 9.08. The summed E-state index contributed by atoms with van der Waals surface area (Å²) in [4.78, 5) is 22.5. The van der Waals surface area contributed by atoms with Crippen LogP contribution in [0.2, 0.25) is 0 Å². The van der Waals surface area contributed by atoms with Crippen LogP contribution in [0.3, 0.4) is 0 Å². The van der Waals surface area contributed by atoms with Crippen LogP contribution in [-0.4, -0.2) is 55.6 Å². The van der Waals surface area contributed by atoms with Crippen LogP contribution in [0, 0.1) is 16.7 Å². The molecule has 0 aliphatic carbocycles. The number of pyridine rings is 1. The molecule has 0 bridgehead atoms. The fraction of sp³-hybridized carbons (Fsp3) is 0.219. The molecule has 3 aliphatic heterocycles. The second-order valence-corrected chi connectivity index (χ2v) is 11.1. The third kappa shape index (κ3) is 4.03. The molecule has 0 atom stereocenters. The Bertz CT molecular complexity index is 1790. The number of hydrogen-bond acceptors (Lipinski definition) is 8. The van der Waals surface area contributed by atoms with Gasteiger partial charge < -0.3 is 9.64 Å². The molecule has 3 aliphatic rings. The Kier molecular flexibility index (Phi) is 5.37. The fourth-order valence-electron chi connectivity index (χ4n) is 6.43. The van der Waals surface area contributed by atoms with Crippen LogP contribution in [0.5, 0.6) is 5.75 Å². The minimum atomic E-state index is 0.226. The number of benzene rings is 2. The van der Waals surface area contributed by atoms with Crippen molar-refractivity contribution >= 4 is 5.82 Å². The van der Waals surface area contributed by atoms with Crippen molar-refractivity contribution in [1.82, 2.24) is 29.4 Å². The molecule has 200 valence electrons. The summed E-state index contributed by atoms with van der Waals surface area (Å²) < 4.78 is 8.22. The summed E-state index contributed by atoms with van der Waals surface area (Å²) in [6.45, 7) is 5.42. The van der Waals surface area contributed by atoms with Crippen molar-refractivity contribution in [3.05, 3.63) is 96.7 Å². The molecule has 9 nitrogen and oxygen atoms in total. The standard InChI is InChI=1S/C32H26N8O/c33-14-27-35-13-11-28(36-27)39-19-32(20-39)17-38(18-32)16-22-6-8-23(9-7-22)29-30(24-4-2-1-3-5-24)40-21-41-26-10-12-34-15-25(26)31(40)37-29/h1-13,15H,16-21H2. The molecule has 5 aromatic rings. The number of anilines is 1. The lowest BCUT2D eigenvalue weighted by atomic mass is 9.72. The monoisotopic (exact) mass is 538 g/mol. The highest BCUT2D eigenvalue weighted by Crippen LogP contribution is 2.43. The van der Waals surface area contributed by atoms with E-state index in [1.807, 2.05) is 30.5 Å². The van der Waals surface area contributed by atoms with Crippen LogP contribution < -0.4 is 9.64 Å². The number of fused-ring (bicyclic) bond motifs is 3. The number of likely N-dealkylation sites (tertiary alicyclic amines) is 1. The maximum Gasteiger partial charge on any atom is 0.234 e. The van der Waals surface area contributed by atoms with Crippen LogP contribution in [0.1, 0.15) is 11.4 Å². The summed E-state index contributed by atoms with van der Waals surface area (Å²) in [7, 11) is 0. The molecule has 0 radical (unpaired) electrons. The Morgan fingerprint density at radius 2 is 1.71 bits per heavy atom. The first-order chi connectivity index (χ1) is 20.2. The topological polar surface area (TPSA) is 96.0 Å². The second-order valence-electron chi connectivity index (χ2n) is 11.1. The molecular weight excluding hydrogens is 512 g/mol. The van der Waals surface area contributed by atoms with Gasteiger partial charge in [0.15, 0.2) is 6.73 Å². The van der Waals surface area contributed by atoms with Crippen molar-refractivity contribution in [3.63, 3.8) is 0 Å². The molecule has 6 heterocycles. The van der Waals surface area contributed by atoms with Gasteiger partial charge in [0.25, 0.3) is 0 Å². The van der Waals surface area contributed by atoms with Crippen LogP contribution in [-0.2, 0) is 13.3 Å². The Morgan fingerprint density at radius 1 is 0.878 bits per heavy atom. The number of hydrogen-bond donors (Lipinski definition) is 0. The van der Waals surface area contributed by atoms with Gasteiger partial charge in [-0.3, -0.25) is 14.5 Å². The van der Waals surface area contributed by atoms with E-state index in [2.05, 4.69) is 77.8 Å². The third-order valence-electron chi connectivity index (χ3n) is 8.25. The summed E-state index contributed by atoms with van der Waals surface area (Å²) in [5.41, 5.74) is 6.70. The quantitative estimate of drug-likeness (QED) is 0.320. The molecule has 2 fully saturated rings. The summed E-state index contributed by atoms with van der Waals surface area (Å²) in [5.74, 6) is 2.76. The molecule has 8 rings (SSSR count). The van der Waals surface area contributed by atoms with Gasteiger partial charge in [-0.15, -0.1) is 0 Å². The largest absolute Gasteiger partial charge is 0.472 e. The molecule has 41 heavy (non-hydrogen) atoms. The van der Waals surface area contributed by atoms with Crippen molar-refractivity contribution in [2.75, 3.05) is 31.1 Å². The minimum absolute atomic E-state index is 0.226. The zero-order valence-corrected chi connectivity index (χ0v) is 22.3. The molecule has 3 aromatic heterocycles. The van der Waals surface area contributed by atoms with Gasteiger partial charge in [0.05, 0.1) is 17.0 Å². The molecule has 0 unspecified atom stereocenters. The predicted octanol–water partition coefficient (Wildman–Crippen LogP) is 4.61. The van der Waals surface area contributed by atoms with Crippen molar-refractivity contribution in [1.29, 1.82) is 5.26 Å². The number of rotatable bonds is 5. The van der Waals surface area contributed by atoms with Crippen LogP contribution in [0.15, 0.2) is 85.3 Å². The lowest BCUT2D eigenvalue weighted by Crippen LogP contribution is -2.72. The van der Waals surface area contributed by atoms with Crippen LogP contribution >= 0.6 is 0 Å². The summed E-state index contributed by atoms with van der Waals surface area (Å²) in [6.07, 6.45) is 5.24. The van der Waals surface area contributed by atoms with Crippen molar-refractivity contribution in [2.24, 2.45) is 5.41 Å². The van der Waals surface area contributed by atoms with E-state index < -0.39 is 0 Å². The van der Waals surface area contributed by atoms with Crippen LogP contribution in [0.4, 0.5) is 5.82 Å². The van der Waals surface area contributed by atoms with E-state index in [1.54, 1.807) is 12.4 Å². The van der Waals surface area contributed by atoms with E-state index >= 15 is 0 Å². The van der Waals surface area contributed by atoms with E-state index in [9.17, 15) is 0 Å². The first-order valence-corrected chi connectivity index (χ1v) is 13.7. The molecule has 2 aromatic carbocycles. The molecule has 0 amide bonds. The van der Waals surface area contributed by atoms with Gasteiger partial charge in [-0.25, -0.2) is 15.0 Å². The molecule has 9 heteroatoms. The van der Waals surface area contributed by atoms with E-state index in [4.69, 9.17) is 15.0 Å². The van der Waals surface area contributed by atoms with Crippen molar-refractivity contribution in [2.45, 2.75) is 13.3 Å². The smallest absolute Gasteiger partial charge is 0.234 e. The van der Waals surface area contributed by atoms with E-state index in [0.29, 0.717) is 12.1 Å². The molecule has 2 saturated heterocycles. The summed E-state index contributed by atoms with van der Waals surface area (Å²) in [5, 5.41) is 9.08. The predicted molar refractivity (Wildman–Crippen MR) is 154 cm³/mol.